The molecule has 0 saturated carbocycles. The van der Waals surface area contributed by atoms with Crippen molar-refractivity contribution in [3.63, 3.8) is 0 Å². The lowest BCUT2D eigenvalue weighted by atomic mass is 10.2. The predicted octanol–water partition coefficient (Wildman–Crippen LogP) is 1.78. The zero-order valence-electron chi connectivity index (χ0n) is 4.91. The third-order valence-corrected chi connectivity index (χ3v) is 1.02. The molecule has 1 aliphatic rings. The van der Waals surface area contributed by atoms with Crippen LogP contribution >= 0.6 is 0 Å². The first-order valence-corrected chi connectivity index (χ1v) is 2.76. The number of hydrogen-bond donors (Lipinski definition) is 0. The summed E-state index contributed by atoms with van der Waals surface area (Å²) in [6.07, 6.45) is 9.75. The van der Waals surface area contributed by atoms with Crippen molar-refractivity contribution in [1.82, 2.24) is 0 Å². The van der Waals surface area contributed by atoms with Crippen molar-refractivity contribution in [3.8, 4) is 0 Å². The van der Waals surface area contributed by atoms with E-state index in [9.17, 15) is 0 Å². The second-order valence-corrected chi connectivity index (χ2v) is 1.88. The Bertz CT molecular complexity index is 126. The van der Waals surface area contributed by atoms with E-state index in [4.69, 9.17) is 0 Å². The summed E-state index contributed by atoms with van der Waals surface area (Å²) in [4.78, 5) is 3.98. The largest absolute Gasteiger partial charge is 0.268 e. The van der Waals surface area contributed by atoms with Gasteiger partial charge in [-0.15, -0.1) is 0 Å². The van der Waals surface area contributed by atoms with E-state index in [1.807, 2.05) is 18.4 Å². The molecule has 0 amide bonds. The van der Waals surface area contributed by atoms with Crippen molar-refractivity contribution in [1.29, 1.82) is 0 Å². The summed E-state index contributed by atoms with van der Waals surface area (Å²) in [6, 6.07) is 0. The fraction of sp³-hybridized carbons (Fsp3) is 0.286. The molecule has 42 valence electrons. The normalized spacial score (nSPS) is 25.9. The number of allylic oxidation sites excluding steroid dienone is 3. The second-order valence-electron chi connectivity index (χ2n) is 1.88. The van der Waals surface area contributed by atoms with Crippen LogP contribution in [0.15, 0.2) is 29.4 Å². The molecule has 0 bridgehead atoms. The Morgan fingerprint density at radius 1 is 1.38 bits per heavy atom. The van der Waals surface area contributed by atoms with Gasteiger partial charge in [0.25, 0.3) is 0 Å². The van der Waals surface area contributed by atoms with Crippen molar-refractivity contribution >= 4 is 6.21 Å². The molecule has 0 aromatic heterocycles. The quantitative estimate of drug-likeness (QED) is 0.447. The summed E-state index contributed by atoms with van der Waals surface area (Å²) in [5, 5.41) is 0. The average Bonchev–Trinajstić information content (AvgIpc) is 1.94. The van der Waals surface area contributed by atoms with Gasteiger partial charge in [-0.05, 0) is 6.08 Å². The summed E-state index contributed by atoms with van der Waals surface area (Å²) < 4.78 is 0. The van der Waals surface area contributed by atoms with Crippen LogP contribution < -0.4 is 0 Å². The van der Waals surface area contributed by atoms with Gasteiger partial charge < -0.3 is 0 Å². The lowest BCUT2D eigenvalue weighted by Gasteiger charge is -1.89. The first kappa shape index (κ1) is 5.29. The van der Waals surface area contributed by atoms with Crippen LogP contribution in [0.3, 0.4) is 0 Å². The third-order valence-electron chi connectivity index (χ3n) is 1.02. The minimum Gasteiger partial charge on any atom is -0.268 e. The Kier molecular flexibility index (Phi) is 1.62. The second kappa shape index (κ2) is 2.46. The summed E-state index contributed by atoms with van der Waals surface area (Å²) in [5.74, 6) is 0.491. The Hall–Kier alpha value is -0.850. The van der Waals surface area contributed by atoms with Gasteiger partial charge in [0.15, 0.2) is 0 Å². The van der Waals surface area contributed by atoms with Gasteiger partial charge in [-0.3, -0.25) is 4.99 Å². The molecule has 8 heavy (non-hydrogen) atoms. The summed E-state index contributed by atoms with van der Waals surface area (Å²) in [7, 11) is 0. The lowest BCUT2D eigenvalue weighted by molar-refractivity contribution is 1.03. The summed E-state index contributed by atoms with van der Waals surface area (Å²) in [6.45, 7) is 2.10. The van der Waals surface area contributed by atoms with Gasteiger partial charge >= 0.3 is 0 Å². The zero-order chi connectivity index (χ0) is 5.82. The number of hydrogen-bond acceptors (Lipinski definition) is 1. The first-order chi connectivity index (χ1) is 3.89. The molecule has 0 saturated heterocycles. The predicted molar refractivity (Wildman–Crippen MR) is 35.9 cm³/mol. The molecular formula is C7H9N. The van der Waals surface area contributed by atoms with Crippen LogP contribution in [0.4, 0.5) is 0 Å². The fourth-order valence-corrected chi connectivity index (χ4v) is 0.574. The van der Waals surface area contributed by atoms with Crippen molar-refractivity contribution in [2.24, 2.45) is 10.9 Å². The third kappa shape index (κ3) is 1.34. The van der Waals surface area contributed by atoms with Gasteiger partial charge in [-0.25, -0.2) is 0 Å². The van der Waals surface area contributed by atoms with E-state index in [1.165, 1.54) is 0 Å². The van der Waals surface area contributed by atoms with Crippen LogP contribution in [0.2, 0.25) is 0 Å². The molecule has 1 unspecified atom stereocenters. The fourth-order valence-electron chi connectivity index (χ4n) is 0.574. The Morgan fingerprint density at radius 3 is 3.12 bits per heavy atom. The van der Waals surface area contributed by atoms with Crippen LogP contribution in [-0.4, -0.2) is 6.21 Å². The number of nitrogens with zero attached hydrogens (tertiary/aromatic N) is 1. The van der Waals surface area contributed by atoms with Gasteiger partial charge in [-0.1, -0.05) is 19.1 Å². The highest BCUT2D eigenvalue weighted by Gasteiger charge is 1.88. The van der Waals surface area contributed by atoms with E-state index in [0.717, 1.165) is 0 Å². The molecule has 0 aromatic carbocycles. The Morgan fingerprint density at radius 2 is 2.25 bits per heavy atom. The molecule has 0 radical (unpaired) electrons. The van der Waals surface area contributed by atoms with Crippen LogP contribution in [0.5, 0.6) is 0 Å². The first-order valence-electron chi connectivity index (χ1n) is 2.76. The topological polar surface area (TPSA) is 12.4 Å². The van der Waals surface area contributed by atoms with E-state index in [-0.39, 0.29) is 0 Å². The molecule has 1 heterocycles. The van der Waals surface area contributed by atoms with Gasteiger partial charge in [0.2, 0.25) is 0 Å². The van der Waals surface area contributed by atoms with E-state index in [0.29, 0.717) is 5.92 Å². The van der Waals surface area contributed by atoms with Gasteiger partial charge in [0.1, 0.15) is 0 Å². The minimum atomic E-state index is 0.491. The van der Waals surface area contributed by atoms with E-state index >= 15 is 0 Å². The maximum atomic E-state index is 3.98. The number of aliphatic imine (C=N–C) groups is 1. The zero-order valence-corrected chi connectivity index (χ0v) is 4.91. The van der Waals surface area contributed by atoms with E-state index in [2.05, 4.69) is 18.0 Å². The van der Waals surface area contributed by atoms with Crippen molar-refractivity contribution in [3.05, 3.63) is 24.4 Å². The summed E-state index contributed by atoms with van der Waals surface area (Å²) in [5.41, 5.74) is 0. The molecule has 1 heteroatoms. The summed E-state index contributed by atoms with van der Waals surface area (Å²) >= 11 is 0. The molecule has 1 atom stereocenters. The standard InChI is InChI=1S/C7H9N/c1-7-4-2-3-5-8-6-7/h2-7H,1H3. The van der Waals surface area contributed by atoms with Crippen LogP contribution in [-0.2, 0) is 0 Å². The Labute approximate surface area is 49.4 Å². The molecule has 0 aromatic rings. The van der Waals surface area contributed by atoms with E-state index < -0.39 is 0 Å². The van der Waals surface area contributed by atoms with Crippen LogP contribution in [0.1, 0.15) is 6.92 Å². The monoisotopic (exact) mass is 107 g/mol. The molecule has 0 spiro atoms. The minimum absolute atomic E-state index is 0.491. The number of rotatable bonds is 0. The van der Waals surface area contributed by atoms with E-state index in [1.54, 1.807) is 6.20 Å². The van der Waals surface area contributed by atoms with Crippen LogP contribution in [0.25, 0.3) is 0 Å². The van der Waals surface area contributed by atoms with Crippen LogP contribution in [0, 0.1) is 5.92 Å². The maximum Gasteiger partial charge on any atom is 0.0264 e. The molecule has 1 aliphatic heterocycles. The molecule has 0 fully saturated rings. The molecule has 0 N–H and O–H groups in total. The highest BCUT2D eigenvalue weighted by atomic mass is 14.7. The molecule has 0 aliphatic carbocycles. The van der Waals surface area contributed by atoms with Crippen molar-refractivity contribution in [2.45, 2.75) is 6.92 Å². The van der Waals surface area contributed by atoms with Crippen molar-refractivity contribution in [2.75, 3.05) is 0 Å². The SMILES string of the molecule is CC1C=CC=CN=C1. The van der Waals surface area contributed by atoms with Gasteiger partial charge in [0, 0.05) is 18.3 Å². The molecule has 1 nitrogen and oxygen atoms in total. The van der Waals surface area contributed by atoms with Gasteiger partial charge in [0.05, 0.1) is 0 Å². The molecule has 1 rings (SSSR count). The smallest absolute Gasteiger partial charge is 0.0264 e. The van der Waals surface area contributed by atoms with Crippen molar-refractivity contribution < 1.29 is 0 Å². The Balaban J connectivity index is 2.66. The lowest BCUT2D eigenvalue weighted by Crippen LogP contribution is -1.86. The molecular weight excluding hydrogens is 98.1 g/mol. The maximum absolute atomic E-state index is 3.98. The average molecular weight is 107 g/mol. The van der Waals surface area contributed by atoms with Gasteiger partial charge in [-0.2, -0.15) is 0 Å². The highest BCUT2D eigenvalue weighted by molar-refractivity contribution is 5.64. The highest BCUT2D eigenvalue weighted by Crippen LogP contribution is 1.96.